The molecular formula is C18H19F3N4O2. The third-order valence-corrected chi connectivity index (χ3v) is 4.80. The largest absolute Gasteiger partial charge is 0.391 e. The van der Waals surface area contributed by atoms with Crippen molar-refractivity contribution >= 4 is 17.5 Å². The number of amides is 2. The first-order valence-corrected chi connectivity index (χ1v) is 8.57. The van der Waals surface area contributed by atoms with Crippen LogP contribution < -0.4 is 11.1 Å². The van der Waals surface area contributed by atoms with Crippen LogP contribution >= 0.6 is 0 Å². The maximum absolute atomic E-state index is 12.7. The molecule has 3 N–H and O–H groups in total. The Hall–Kier alpha value is -2.84. The predicted molar refractivity (Wildman–Crippen MR) is 92.2 cm³/mol. The summed E-state index contributed by atoms with van der Waals surface area (Å²) in [6, 6.07) is 8.23. The molecule has 1 heterocycles. The van der Waals surface area contributed by atoms with Crippen molar-refractivity contribution in [2.75, 3.05) is 5.32 Å². The number of hydrogen-bond acceptors (Lipinski definition) is 3. The van der Waals surface area contributed by atoms with E-state index in [1.165, 1.54) is 10.7 Å². The lowest BCUT2D eigenvalue weighted by Crippen LogP contribution is -2.32. The van der Waals surface area contributed by atoms with Crippen LogP contribution in [0.25, 0.3) is 5.69 Å². The summed E-state index contributed by atoms with van der Waals surface area (Å²) in [5.74, 6) is -2.61. The summed E-state index contributed by atoms with van der Waals surface area (Å²) in [6.45, 7) is 0. The van der Waals surface area contributed by atoms with Crippen molar-refractivity contribution in [3.05, 3.63) is 42.2 Å². The van der Waals surface area contributed by atoms with Crippen LogP contribution in [0.5, 0.6) is 0 Å². The lowest BCUT2D eigenvalue weighted by molar-refractivity contribution is -0.184. The highest BCUT2D eigenvalue weighted by Crippen LogP contribution is 2.39. The molecule has 27 heavy (non-hydrogen) atoms. The van der Waals surface area contributed by atoms with Crippen molar-refractivity contribution in [1.82, 2.24) is 9.78 Å². The van der Waals surface area contributed by atoms with E-state index < -0.39 is 23.9 Å². The van der Waals surface area contributed by atoms with Gasteiger partial charge in [-0.2, -0.15) is 18.3 Å². The van der Waals surface area contributed by atoms with Crippen LogP contribution in [0.3, 0.4) is 0 Å². The van der Waals surface area contributed by atoms with Gasteiger partial charge in [-0.15, -0.1) is 0 Å². The summed E-state index contributed by atoms with van der Waals surface area (Å²) in [4.78, 5) is 23.4. The zero-order chi connectivity index (χ0) is 19.6. The maximum Gasteiger partial charge on any atom is 0.391 e. The first-order valence-electron chi connectivity index (χ1n) is 8.57. The highest BCUT2D eigenvalue weighted by Gasteiger charge is 2.42. The van der Waals surface area contributed by atoms with Gasteiger partial charge in [0.1, 0.15) is 5.69 Å². The molecule has 1 aromatic carbocycles. The summed E-state index contributed by atoms with van der Waals surface area (Å²) < 4.78 is 39.6. The third-order valence-electron chi connectivity index (χ3n) is 4.80. The molecule has 2 amide bonds. The third kappa shape index (κ3) is 4.47. The molecule has 0 atom stereocenters. The molecular weight excluding hydrogens is 361 g/mol. The van der Waals surface area contributed by atoms with Crippen molar-refractivity contribution in [1.29, 1.82) is 0 Å². The van der Waals surface area contributed by atoms with Gasteiger partial charge in [0.2, 0.25) is 5.91 Å². The summed E-state index contributed by atoms with van der Waals surface area (Å²) in [7, 11) is 0. The van der Waals surface area contributed by atoms with Crippen LogP contribution in [0, 0.1) is 11.8 Å². The average molecular weight is 380 g/mol. The number of nitrogens with zero attached hydrogens (tertiary/aromatic N) is 2. The van der Waals surface area contributed by atoms with Gasteiger partial charge < -0.3 is 11.1 Å². The molecule has 1 fully saturated rings. The van der Waals surface area contributed by atoms with Crippen LogP contribution in [-0.4, -0.2) is 27.8 Å². The molecule has 0 saturated heterocycles. The molecule has 0 aliphatic heterocycles. The number of primary amides is 1. The van der Waals surface area contributed by atoms with E-state index in [0.29, 0.717) is 11.4 Å². The summed E-state index contributed by atoms with van der Waals surface area (Å²) in [6.07, 6.45) is -2.15. The Balaban J connectivity index is 1.58. The quantitative estimate of drug-likeness (QED) is 0.853. The second-order valence-electron chi connectivity index (χ2n) is 6.64. The standard InChI is InChI=1S/C18H19F3N4O2/c19-18(20,21)12-3-1-11(2-4-12)17(27)23-13-5-7-14(8-6-13)25-10-9-15(24-25)16(22)26/h5-12H,1-4H2,(H2,22,26)(H,23,27). The van der Waals surface area contributed by atoms with Gasteiger partial charge >= 0.3 is 6.18 Å². The summed E-state index contributed by atoms with van der Waals surface area (Å²) >= 11 is 0. The lowest BCUT2D eigenvalue weighted by Gasteiger charge is -2.29. The topological polar surface area (TPSA) is 90.0 Å². The Morgan fingerprint density at radius 1 is 1.07 bits per heavy atom. The van der Waals surface area contributed by atoms with E-state index in [1.807, 2.05) is 0 Å². The van der Waals surface area contributed by atoms with E-state index in [0.717, 1.165) is 0 Å². The molecule has 2 aromatic rings. The molecule has 3 rings (SSSR count). The normalized spacial score (nSPS) is 20.3. The molecule has 1 aliphatic carbocycles. The van der Waals surface area contributed by atoms with Crippen molar-refractivity contribution in [3.8, 4) is 5.69 Å². The van der Waals surface area contributed by atoms with Gasteiger partial charge in [0, 0.05) is 17.8 Å². The first-order chi connectivity index (χ1) is 12.7. The average Bonchev–Trinajstić information content (AvgIpc) is 3.12. The molecule has 0 bridgehead atoms. The Labute approximate surface area is 153 Å². The Morgan fingerprint density at radius 3 is 2.22 bits per heavy atom. The highest BCUT2D eigenvalue weighted by atomic mass is 19.4. The summed E-state index contributed by atoms with van der Waals surface area (Å²) in [5, 5.41) is 6.78. The smallest absolute Gasteiger partial charge is 0.364 e. The van der Waals surface area contributed by atoms with E-state index in [2.05, 4.69) is 10.4 Å². The van der Waals surface area contributed by atoms with E-state index in [1.54, 1.807) is 30.5 Å². The summed E-state index contributed by atoms with van der Waals surface area (Å²) in [5.41, 5.74) is 6.52. The van der Waals surface area contributed by atoms with E-state index in [-0.39, 0.29) is 37.3 Å². The van der Waals surface area contributed by atoms with Crippen LogP contribution in [0.1, 0.15) is 36.2 Å². The fourth-order valence-corrected chi connectivity index (χ4v) is 3.22. The Kier molecular flexibility index (Phi) is 5.20. The number of hydrogen-bond donors (Lipinski definition) is 2. The number of benzene rings is 1. The number of alkyl halides is 3. The molecule has 1 aliphatic rings. The van der Waals surface area contributed by atoms with Gasteiger partial charge in [0.05, 0.1) is 11.6 Å². The van der Waals surface area contributed by atoms with E-state index in [9.17, 15) is 22.8 Å². The minimum atomic E-state index is -4.18. The number of rotatable bonds is 4. The van der Waals surface area contributed by atoms with Crippen LogP contribution in [0.15, 0.2) is 36.5 Å². The minimum Gasteiger partial charge on any atom is -0.364 e. The number of nitrogens with two attached hydrogens (primary N) is 1. The molecule has 1 saturated carbocycles. The molecule has 0 radical (unpaired) electrons. The first kappa shape index (κ1) is 18.9. The number of aromatic nitrogens is 2. The van der Waals surface area contributed by atoms with Crippen molar-refractivity contribution in [3.63, 3.8) is 0 Å². The Bertz CT molecular complexity index is 822. The monoisotopic (exact) mass is 380 g/mol. The zero-order valence-electron chi connectivity index (χ0n) is 14.4. The van der Waals surface area contributed by atoms with Crippen LogP contribution in [-0.2, 0) is 4.79 Å². The van der Waals surface area contributed by atoms with Crippen molar-refractivity contribution < 1.29 is 22.8 Å². The van der Waals surface area contributed by atoms with Crippen LogP contribution in [0.4, 0.5) is 18.9 Å². The van der Waals surface area contributed by atoms with Gasteiger partial charge in [0.15, 0.2) is 0 Å². The van der Waals surface area contributed by atoms with Crippen molar-refractivity contribution in [2.45, 2.75) is 31.9 Å². The van der Waals surface area contributed by atoms with Gasteiger partial charge in [-0.1, -0.05) is 0 Å². The number of carbonyl (C=O) groups excluding carboxylic acids is 2. The van der Waals surface area contributed by atoms with E-state index >= 15 is 0 Å². The number of carbonyl (C=O) groups is 2. The minimum absolute atomic E-state index is 0.0119. The fraction of sp³-hybridized carbons (Fsp3) is 0.389. The Morgan fingerprint density at radius 2 is 1.70 bits per heavy atom. The zero-order valence-corrected chi connectivity index (χ0v) is 14.4. The number of nitrogens with one attached hydrogen (secondary N) is 1. The lowest BCUT2D eigenvalue weighted by atomic mass is 9.81. The van der Waals surface area contributed by atoms with Gasteiger partial charge in [-0.3, -0.25) is 9.59 Å². The second kappa shape index (κ2) is 7.42. The molecule has 1 aromatic heterocycles. The molecule has 0 spiro atoms. The number of anilines is 1. The fourth-order valence-electron chi connectivity index (χ4n) is 3.22. The van der Waals surface area contributed by atoms with E-state index in [4.69, 9.17) is 5.73 Å². The van der Waals surface area contributed by atoms with Gasteiger partial charge in [-0.25, -0.2) is 4.68 Å². The SMILES string of the molecule is NC(=O)c1ccn(-c2ccc(NC(=O)C3CCC(C(F)(F)F)CC3)cc2)n1. The van der Waals surface area contributed by atoms with Gasteiger partial charge in [0.25, 0.3) is 5.91 Å². The van der Waals surface area contributed by atoms with Crippen molar-refractivity contribution in [2.24, 2.45) is 17.6 Å². The molecule has 6 nitrogen and oxygen atoms in total. The highest BCUT2D eigenvalue weighted by molar-refractivity contribution is 5.92. The molecule has 144 valence electrons. The molecule has 9 heteroatoms. The predicted octanol–water partition coefficient (Wildman–Crippen LogP) is 3.28. The van der Waals surface area contributed by atoms with Gasteiger partial charge in [-0.05, 0) is 56.0 Å². The second-order valence-corrected chi connectivity index (χ2v) is 6.64. The number of halogens is 3. The molecule has 0 unspecified atom stereocenters. The maximum atomic E-state index is 12.7. The van der Waals surface area contributed by atoms with Crippen LogP contribution in [0.2, 0.25) is 0 Å².